The van der Waals surface area contributed by atoms with E-state index in [1.165, 1.54) is 6.08 Å². The number of nitrogens with one attached hydrogen (secondary N) is 1. The Balaban J connectivity index is 0.00000420. The van der Waals surface area contributed by atoms with Crippen molar-refractivity contribution in [3.8, 4) is 0 Å². The van der Waals surface area contributed by atoms with Gasteiger partial charge in [0.05, 0.1) is 6.04 Å². The zero-order chi connectivity index (χ0) is 20.9. The Hall–Kier alpha value is -1.53. The van der Waals surface area contributed by atoms with Gasteiger partial charge in [-0.15, -0.1) is 12.4 Å². The lowest BCUT2D eigenvalue weighted by molar-refractivity contribution is 0.125. The number of urea groups is 1. The van der Waals surface area contributed by atoms with Crippen molar-refractivity contribution in [2.75, 3.05) is 12.8 Å². The summed E-state index contributed by atoms with van der Waals surface area (Å²) in [7, 11) is -3.26. The molecule has 0 bridgehead atoms. The second-order valence-electron chi connectivity index (χ2n) is 6.61. The van der Waals surface area contributed by atoms with Crippen LogP contribution in [0.2, 0.25) is 0 Å². The van der Waals surface area contributed by atoms with E-state index in [-0.39, 0.29) is 36.8 Å². The summed E-state index contributed by atoms with van der Waals surface area (Å²) in [6.45, 7) is 0.175. The van der Waals surface area contributed by atoms with Crippen LogP contribution in [0.25, 0.3) is 0 Å². The van der Waals surface area contributed by atoms with Gasteiger partial charge in [0.15, 0.2) is 9.84 Å². The van der Waals surface area contributed by atoms with E-state index in [0.717, 1.165) is 17.2 Å². The number of sulfone groups is 1. The third kappa shape index (κ3) is 6.65. The SMILES string of the molecule is Cl.[2H]C([2H])([2H])C[C@@H]1CCN(C(=O)N[C@@H](C)/C=C/S(C)(=O)=O)[C@H](c2ccccc2)C1. The average molecular weight is 404 g/mol. The van der Waals surface area contributed by atoms with Crippen molar-refractivity contribution in [3.05, 3.63) is 47.4 Å². The number of amides is 2. The van der Waals surface area contributed by atoms with Crippen LogP contribution in [0.5, 0.6) is 0 Å². The molecule has 1 aromatic rings. The molecule has 0 unspecified atom stereocenters. The van der Waals surface area contributed by atoms with Crippen LogP contribution < -0.4 is 5.32 Å². The van der Waals surface area contributed by atoms with Crippen molar-refractivity contribution < 1.29 is 17.3 Å². The van der Waals surface area contributed by atoms with Crippen molar-refractivity contribution in [2.45, 2.75) is 45.1 Å². The van der Waals surface area contributed by atoms with Crippen LogP contribution >= 0.6 is 12.4 Å². The third-order valence-corrected chi connectivity index (χ3v) is 5.06. The van der Waals surface area contributed by atoms with Crippen molar-refractivity contribution in [1.82, 2.24) is 10.2 Å². The van der Waals surface area contributed by atoms with Gasteiger partial charge < -0.3 is 10.2 Å². The highest BCUT2D eigenvalue weighted by Gasteiger charge is 2.32. The number of hydrogen-bond acceptors (Lipinski definition) is 3. The van der Waals surface area contributed by atoms with Crippen LogP contribution in [0.15, 0.2) is 41.8 Å². The minimum atomic E-state index is -3.26. The predicted octanol–water partition coefficient (Wildman–Crippen LogP) is 3.93. The van der Waals surface area contributed by atoms with Gasteiger partial charge in [0.2, 0.25) is 0 Å². The molecule has 1 fully saturated rings. The van der Waals surface area contributed by atoms with Gasteiger partial charge in [-0.25, -0.2) is 13.2 Å². The first kappa shape index (κ1) is 17.9. The van der Waals surface area contributed by atoms with Crippen molar-refractivity contribution in [1.29, 1.82) is 0 Å². The maximum Gasteiger partial charge on any atom is 0.318 e. The minimum Gasteiger partial charge on any atom is -0.332 e. The number of carbonyl (C=O) groups is 1. The van der Waals surface area contributed by atoms with E-state index in [1.54, 1.807) is 11.8 Å². The Labute approximate surface area is 167 Å². The Morgan fingerprint density at radius 2 is 2.12 bits per heavy atom. The number of rotatable bonds is 5. The zero-order valence-corrected chi connectivity index (χ0v) is 16.7. The number of carbonyl (C=O) groups excluding carboxylic acids is 1. The summed E-state index contributed by atoms with van der Waals surface area (Å²) in [4.78, 5) is 14.5. The monoisotopic (exact) mass is 403 g/mol. The maximum atomic E-state index is 12.8. The molecule has 7 heteroatoms. The normalized spacial score (nSPS) is 24.1. The smallest absolute Gasteiger partial charge is 0.318 e. The lowest BCUT2D eigenvalue weighted by Crippen LogP contribution is -2.48. The summed E-state index contributed by atoms with van der Waals surface area (Å²) in [5.41, 5.74) is 0.965. The predicted molar refractivity (Wildman–Crippen MR) is 108 cm³/mol. The second-order valence-corrected chi connectivity index (χ2v) is 8.54. The number of nitrogens with zero attached hydrogens (tertiary/aromatic N) is 1. The highest BCUT2D eigenvalue weighted by Crippen LogP contribution is 2.35. The van der Waals surface area contributed by atoms with Crippen molar-refractivity contribution in [2.24, 2.45) is 5.92 Å². The molecule has 0 saturated carbocycles. The van der Waals surface area contributed by atoms with Gasteiger partial charge in [0, 0.05) is 28.4 Å². The van der Waals surface area contributed by atoms with E-state index >= 15 is 0 Å². The van der Waals surface area contributed by atoms with Crippen LogP contribution in [0.1, 0.15) is 48.8 Å². The average Bonchev–Trinajstić information content (AvgIpc) is 2.58. The lowest BCUT2D eigenvalue weighted by Gasteiger charge is -2.40. The summed E-state index contributed by atoms with van der Waals surface area (Å²) >= 11 is 0. The first-order valence-corrected chi connectivity index (χ1v) is 10.4. The first-order valence-electron chi connectivity index (χ1n) is 9.95. The van der Waals surface area contributed by atoms with Crippen LogP contribution in [-0.4, -0.2) is 38.2 Å². The van der Waals surface area contributed by atoms with Crippen LogP contribution in [0.3, 0.4) is 0 Å². The number of likely N-dealkylation sites (tertiary alicyclic amines) is 1. The van der Waals surface area contributed by atoms with Crippen LogP contribution in [0, 0.1) is 5.92 Å². The minimum absolute atomic E-state index is 0. The molecule has 1 heterocycles. The zero-order valence-electron chi connectivity index (χ0n) is 18.1. The molecule has 0 radical (unpaired) electrons. The topological polar surface area (TPSA) is 66.5 Å². The largest absolute Gasteiger partial charge is 0.332 e. The Bertz CT molecular complexity index is 801. The van der Waals surface area contributed by atoms with Gasteiger partial charge in [-0.1, -0.05) is 49.7 Å². The van der Waals surface area contributed by atoms with Gasteiger partial charge in [0.25, 0.3) is 0 Å². The fourth-order valence-electron chi connectivity index (χ4n) is 3.04. The van der Waals surface area contributed by atoms with E-state index in [2.05, 4.69) is 5.32 Å². The molecular weight excluding hydrogens is 372 g/mol. The molecule has 1 aliphatic rings. The molecule has 1 N–H and O–H groups in total. The number of halogens is 1. The number of benzene rings is 1. The second kappa shape index (κ2) is 9.97. The highest BCUT2D eigenvalue weighted by molar-refractivity contribution is 7.93. The number of hydrogen-bond donors (Lipinski definition) is 1. The Morgan fingerprint density at radius 3 is 2.73 bits per heavy atom. The van der Waals surface area contributed by atoms with Crippen LogP contribution in [0.4, 0.5) is 4.79 Å². The summed E-state index contributed by atoms with van der Waals surface area (Å²) in [5.74, 6) is 0.0179. The number of piperidine rings is 1. The first-order chi connectivity index (χ1) is 12.9. The van der Waals surface area contributed by atoms with Gasteiger partial charge in [0.1, 0.15) is 0 Å². The molecule has 5 nitrogen and oxygen atoms in total. The van der Waals surface area contributed by atoms with Gasteiger partial charge in [-0.3, -0.25) is 0 Å². The van der Waals surface area contributed by atoms with Gasteiger partial charge in [-0.2, -0.15) is 0 Å². The molecule has 1 aromatic carbocycles. The van der Waals surface area contributed by atoms with E-state index in [0.29, 0.717) is 19.4 Å². The fraction of sp³-hybridized carbons (Fsp3) is 0.526. The molecular formula is C19H29ClN2O3S. The lowest BCUT2D eigenvalue weighted by atomic mass is 9.86. The molecule has 1 aliphatic heterocycles. The summed E-state index contributed by atoms with van der Waals surface area (Å²) in [6.07, 6.45) is 3.89. The van der Waals surface area contributed by atoms with E-state index in [1.807, 2.05) is 30.3 Å². The van der Waals surface area contributed by atoms with Crippen molar-refractivity contribution in [3.63, 3.8) is 0 Å². The Morgan fingerprint density at radius 1 is 1.42 bits per heavy atom. The molecule has 1 saturated heterocycles. The molecule has 0 aromatic heterocycles. The Kier molecular flexibility index (Phi) is 6.85. The molecule has 146 valence electrons. The molecule has 2 amide bonds. The standard InChI is InChI=1S/C19H28N2O3S.ClH/c1-4-16-10-12-21(18(14-16)17-8-6-5-7-9-17)19(22)20-15(2)11-13-25(3,23)24;/h5-9,11,13,15-16,18H,4,10,12,14H2,1-3H3,(H,20,22);1H/b13-11+;/t15-,16+,18-;/m0./s1/i1D3;. The highest BCUT2D eigenvalue weighted by atomic mass is 35.5. The van der Waals surface area contributed by atoms with E-state index in [4.69, 9.17) is 4.11 Å². The fourth-order valence-corrected chi connectivity index (χ4v) is 3.57. The van der Waals surface area contributed by atoms with E-state index < -0.39 is 22.7 Å². The third-order valence-electron chi connectivity index (χ3n) is 4.41. The van der Waals surface area contributed by atoms with Crippen molar-refractivity contribution >= 4 is 28.3 Å². The summed E-state index contributed by atoms with van der Waals surface area (Å²) in [5, 5.41) is 3.89. The molecule has 26 heavy (non-hydrogen) atoms. The van der Waals surface area contributed by atoms with E-state index in [9.17, 15) is 13.2 Å². The molecule has 0 aliphatic carbocycles. The van der Waals surface area contributed by atoms with Crippen LogP contribution in [-0.2, 0) is 9.84 Å². The molecule has 0 spiro atoms. The summed E-state index contributed by atoms with van der Waals surface area (Å²) < 4.78 is 45.1. The van der Waals surface area contributed by atoms with Gasteiger partial charge in [-0.05, 0) is 31.2 Å². The molecule has 2 rings (SSSR count). The summed E-state index contributed by atoms with van der Waals surface area (Å²) in [6, 6.07) is 8.63. The van der Waals surface area contributed by atoms with Gasteiger partial charge >= 0.3 is 6.03 Å². The maximum absolute atomic E-state index is 12.8. The molecule has 3 atom stereocenters. The quantitative estimate of drug-likeness (QED) is 0.809.